The van der Waals surface area contributed by atoms with Crippen LogP contribution in [0.1, 0.15) is 22.6 Å². The summed E-state index contributed by atoms with van der Waals surface area (Å²) >= 11 is 0. The lowest BCUT2D eigenvalue weighted by Crippen LogP contribution is -2.10. The number of nitrogen functional groups attached to an aromatic ring is 2. The lowest BCUT2D eigenvalue weighted by Gasteiger charge is -1.97. The van der Waals surface area contributed by atoms with E-state index in [4.69, 9.17) is 31.1 Å². The van der Waals surface area contributed by atoms with Crippen molar-refractivity contribution in [1.82, 2.24) is 0 Å². The molecule has 2 aromatic heterocycles. The molecule has 2 heterocycles. The van der Waals surface area contributed by atoms with Crippen molar-refractivity contribution in [2.45, 2.75) is 12.8 Å². The number of rotatable bonds is 5. The molecule has 28 heavy (non-hydrogen) atoms. The van der Waals surface area contributed by atoms with Crippen LogP contribution >= 0.6 is 24.8 Å². The van der Waals surface area contributed by atoms with Crippen LogP contribution in [0.3, 0.4) is 0 Å². The lowest BCUT2D eigenvalue weighted by molar-refractivity contribution is 0.510. The summed E-state index contributed by atoms with van der Waals surface area (Å²) in [4.78, 5) is 0. The maximum atomic E-state index is 7.51. The fraction of sp³-hybridized carbons (Fsp3) is 0.100. The summed E-state index contributed by atoms with van der Waals surface area (Å²) in [6.45, 7) is 0. The zero-order chi connectivity index (χ0) is 18.3. The van der Waals surface area contributed by atoms with Gasteiger partial charge in [-0.25, -0.2) is 0 Å². The second kappa shape index (κ2) is 8.37. The molecule has 0 amide bonds. The molecular weight excluding hydrogens is 399 g/mol. The molecule has 2 aromatic carbocycles. The van der Waals surface area contributed by atoms with Crippen molar-refractivity contribution in [3.05, 3.63) is 71.2 Å². The van der Waals surface area contributed by atoms with Crippen LogP contribution in [0.5, 0.6) is 0 Å². The Balaban J connectivity index is 0.00000140. The minimum absolute atomic E-state index is 0. The van der Waals surface area contributed by atoms with Crippen LogP contribution in [-0.2, 0) is 12.8 Å². The van der Waals surface area contributed by atoms with E-state index in [1.807, 2.05) is 36.4 Å². The molecule has 0 atom stereocenters. The smallest absolute Gasteiger partial charge is 0.135 e. The molecule has 6 N–H and O–H groups in total. The average Bonchev–Trinajstić information content (AvgIpc) is 3.21. The Kier molecular flexibility index (Phi) is 6.38. The van der Waals surface area contributed by atoms with Crippen LogP contribution in [0.4, 0.5) is 0 Å². The minimum atomic E-state index is 0. The van der Waals surface area contributed by atoms with Crippen molar-refractivity contribution in [3.63, 3.8) is 0 Å². The van der Waals surface area contributed by atoms with Gasteiger partial charge in [0.2, 0.25) is 0 Å². The van der Waals surface area contributed by atoms with Gasteiger partial charge in [-0.2, -0.15) is 0 Å². The first-order valence-corrected chi connectivity index (χ1v) is 8.23. The highest BCUT2D eigenvalue weighted by atomic mass is 35.5. The molecule has 4 rings (SSSR count). The minimum Gasteiger partial charge on any atom is -0.461 e. The number of aryl methyl sites for hydroxylation is 2. The van der Waals surface area contributed by atoms with Gasteiger partial charge in [0.1, 0.15) is 34.4 Å². The van der Waals surface area contributed by atoms with E-state index in [0.717, 1.165) is 33.5 Å². The molecule has 0 aliphatic rings. The van der Waals surface area contributed by atoms with Crippen molar-refractivity contribution in [2.75, 3.05) is 0 Å². The fourth-order valence-electron chi connectivity index (χ4n) is 3.00. The molecule has 0 fully saturated rings. The Bertz CT molecular complexity index is 1070. The molecule has 0 unspecified atom stereocenters. The van der Waals surface area contributed by atoms with Gasteiger partial charge in [-0.3, -0.25) is 10.8 Å². The quantitative estimate of drug-likeness (QED) is 0.283. The topological polar surface area (TPSA) is 126 Å². The van der Waals surface area contributed by atoms with E-state index in [1.165, 1.54) is 0 Å². The third-order valence-electron chi connectivity index (χ3n) is 4.38. The van der Waals surface area contributed by atoms with Gasteiger partial charge in [0.25, 0.3) is 0 Å². The predicted molar refractivity (Wildman–Crippen MR) is 116 cm³/mol. The van der Waals surface area contributed by atoms with Gasteiger partial charge >= 0.3 is 0 Å². The summed E-state index contributed by atoms with van der Waals surface area (Å²) in [7, 11) is 0. The van der Waals surface area contributed by atoms with Crippen molar-refractivity contribution in [2.24, 2.45) is 11.5 Å². The molecule has 0 aliphatic carbocycles. The van der Waals surface area contributed by atoms with E-state index in [2.05, 4.69) is 0 Å². The first-order chi connectivity index (χ1) is 12.5. The van der Waals surface area contributed by atoms with Crippen molar-refractivity contribution < 1.29 is 8.83 Å². The van der Waals surface area contributed by atoms with E-state index >= 15 is 0 Å². The van der Waals surface area contributed by atoms with Gasteiger partial charge in [0.05, 0.1) is 0 Å². The molecule has 0 spiro atoms. The molecule has 0 bridgehead atoms. The third-order valence-corrected chi connectivity index (χ3v) is 4.38. The van der Waals surface area contributed by atoms with E-state index in [9.17, 15) is 0 Å². The molecule has 0 saturated carbocycles. The molecular formula is C20H20Cl2N4O2. The van der Waals surface area contributed by atoms with Crippen LogP contribution in [-0.4, -0.2) is 11.7 Å². The first-order valence-electron chi connectivity index (χ1n) is 8.23. The summed E-state index contributed by atoms with van der Waals surface area (Å²) in [5.74, 6) is 1.75. The number of halogens is 2. The van der Waals surface area contributed by atoms with Gasteiger partial charge in [-0.05, 0) is 24.3 Å². The normalized spacial score (nSPS) is 10.4. The Hall–Kier alpha value is -2.96. The number of benzene rings is 2. The van der Waals surface area contributed by atoms with Gasteiger partial charge in [-0.1, -0.05) is 24.3 Å². The third kappa shape index (κ3) is 4.13. The Morgan fingerprint density at radius 3 is 1.43 bits per heavy atom. The van der Waals surface area contributed by atoms with Gasteiger partial charge in [0, 0.05) is 34.7 Å². The number of nitrogens with two attached hydrogens (primary N) is 2. The highest BCUT2D eigenvalue weighted by Crippen LogP contribution is 2.24. The van der Waals surface area contributed by atoms with E-state index < -0.39 is 0 Å². The predicted octanol–water partition coefficient (Wildman–Crippen LogP) is 4.38. The summed E-state index contributed by atoms with van der Waals surface area (Å²) in [5, 5.41) is 17.0. The largest absolute Gasteiger partial charge is 0.461 e. The number of hydrogen-bond acceptors (Lipinski definition) is 4. The van der Waals surface area contributed by atoms with Gasteiger partial charge in [-0.15, -0.1) is 24.8 Å². The summed E-state index contributed by atoms with van der Waals surface area (Å²) < 4.78 is 11.7. The standard InChI is InChI=1S/C20H18N4O2.2ClH/c21-19(22)13-3-1-11-7-15(25-17(11)9-13)5-6-16-8-12-2-4-14(20(23)24)10-18(12)26-16;;/h1-4,7-10H,5-6H2,(H3,21,22)(H3,23,24);2*1H. The average molecular weight is 419 g/mol. The molecule has 8 heteroatoms. The molecule has 6 nitrogen and oxygen atoms in total. The molecule has 4 aromatic rings. The Morgan fingerprint density at radius 2 is 1.07 bits per heavy atom. The maximum absolute atomic E-state index is 7.51. The van der Waals surface area contributed by atoms with Crippen LogP contribution in [0.25, 0.3) is 21.9 Å². The summed E-state index contributed by atoms with van der Waals surface area (Å²) in [5.41, 5.74) is 13.8. The number of nitrogens with one attached hydrogen (secondary N) is 2. The number of hydrogen-bond donors (Lipinski definition) is 4. The highest BCUT2D eigenvalue weighted by molar-refractivity contribution is 5.98. The van der Waals surface area contributed by atoms with Crippen molar-refractivity contribution in [3.8, 4) is 0 Å². The van der Waals surface area contributed by atoms with Crippen LogP contribution in [0.15, 0.2) is 57.4 Å². The Morgan fingerprint density at radius 1 is 0.679 bits per heavy atom. The summed E-state index contributed by atoms with van der Waals surface area (Å²) in [6, 6.07) is 15.0. The fourth-order valence-corrected chi connectivity index (χ4v) is 3.00. The molecule has 146 valence electrons. The summed E-state index contributed by atoms with van der Waals surface area (Å²) in [6.07, 6.45) is 1.40. The molecule has 0 saturated heterocycles. The van der Waals surface area contributed by atoms with Gasteiger partial charge in [0.15, 0.2) is 0 Å². The highest BCUT2D eigenvalue weighted by Gasteiger charge is 2.10. The van der Waals surface area contributed by atoms with Crippen LogP contribution < -0.4 is 11.5 Å². The van der Waals surface area contributed by atoms with Crippen LogP contribution in [0.2, 0.25) is 0 Å². The van der Waals surface area contributed by atoms with Gasteiger partial charge < -0.3 is 20.3 Å². The van der Waals surface area contributed by atoms with E-state index in [0.29, 0.717) is 24.0 Å². The van der Waals surface area contributed by atoms with E-state index in [-0.39, 0.29) is 36.5 Å². The van der Waals surface area contributed by atoms with Crippen molar-refractivity contribution >= 4 is 58.4 Å². The van der Waals surface area contributed by atoms with Crippen LogP contribution in [0, 0.1) is 10.8 Å². The SMILES string of the molecule is Cl.Cl.N=C(N)c1ccc2cc(CCc3cc4ccc(C(=N)N)cc4o3)oc2c1. The number of furan rings is 2. The first kappa shape index (κ1) is 21.3. The van der Waals surface area contributed by atoms with Crippen molar-refractivity contribution in [1.29, 1.82) is 10.8 Å². The molecule has 0 aliphatic heterocycles. The zero-order valence-corrected chi connectivity index (χ0v) is 16.5. The number of amidine groups is 2. The van der Waals surface area contributed by atoms with E-state index in [1.54, 1.807) is 12.1 Å². The monoisotopic (exact) mass is 418 g/mol. The Labute approximate surface area is 173 Å². The molecule has 0 radical (unpaired) electrons. The maximum Gasteiger partial charge on any atom is 0.135 e. The lowest BCUT2D eigenvalue weighted by atomic mass is 10.1. The zero-order valence-electron chi connectivity index (χ0n) is 14.8. The second-order valence-electron chi connectivity index (χ2n) is 6.26. The second-order valence-corrected chi connectivity index (χ2v) is 6.26. The number of fused-ring (bicyclic) bond motifs is 2.